The van der Waals surface area contributed by atoms with Crippen LogP contribution in [0.4, 0.5) is 8.78 Å². The number of ether oxygens (including phenoxy) is 1. The van der Waals surface area contributed by atoms with Gasteiger partial charge in [-0.3, -0.25) is 24.0 Å². The lowest BCUT2D eigenvalue weighted by atomic mass is 10.0. The summed E-state index contributed by atoms with van der Waals surface area (Å²) in [5, 5.41) is 7.95. The summed E-state index contributed by atoms with van der Waals surface area (Å²) in [5.74, 6) is -1.48. The van der Waals surface area contributed by atoms with Crippen LogP contribution in [0.2, 0.25) is 0 Å². The number of nitrogens with one attached hydrogen (secondary N) is 1. The Hall–Kier alpha value is -7.03. The fourth-order valence-corrected chi connectivity index (χ4v) is 8.91. The molecule has 15 heteroatoms. The lowest BCUT2D eigenvalue weighted by molar-refractivity contribution is -0.133. The molecule has 0 unspecified atom stereocenters. The molecule has 2 saturated heterocycles. The summed E-state index contributed by atoms with van der Waals surface area (Å²) in [4.78, 5) is 81.7. The lowest BCUT2D eigenvalue weighted by Crippen LogP contribution is -2.40. The lowest BCUT2D eigenvalue weighted by Gasteiger charge is -2.25. The van der Waals surface area contributed by atoms with Crippen molar-refractivity contribution in [1.29, 1.82) is 0 Å². The number of H-pyrrole nitrogens is 1. The molecule has 2 atom stereocenters. The fraction of sp³-hybridized carbons (Fsp3) is 0.340. The van der Waals surface area contributed by atoms with E-state index in [2.05, 4.69) is 10.2 Å². The van der Waals surface area contributed by atoms with Gasteiger partial charge in [-0.1, -0.05) is 48.5 Å². The van der Waals surface area contributed by atoms with Crippen molar-refractivity contribution in [3.05, 3.63) is 146 Å². The van der Waals surface area contributed by atoms with Gasteiger partial charge in [-0.05, 0) is 92.1 Å². The third-order valence-corrected chi connectivity index (χ3v) is 13.1. The molecule has 4 aromatic carbocycles. The van der Waals surface area contributed by atoms with Crippen LogP contribution in [0.1, 0.15) is 92.0 Å². The number of amides is 4. The van der Waals surface area contributed by atoms with E-state index in [1.807, 2.05) is 18.2 Å². The Morgan fingerprint density at radius 3 is 1.85 bits per heavy atom. The maximum atomic E-state index is 14.6. The summed E-state index contributed by atoms with van der Waals surface area (Å²) in [5.41, 5.74) is 2.79. The molecule has 65 heavy (non-hydrogen) atoms. The number of hydrogen-bond acceptors (Lipinski definition) is 8. The average Bonchev–Trinajstić information content (AvgIpc) is 4.23. The van der Waals surface area contributed by atoms with Crippen LogP contribution < -0.4 is 5.56 Å². The summed E-state index contributed by atoms with van der Waals surface area (Å²) in [6, 6.07) is 22.9. The molecule has 3 aliphatic heterocycles. The SMILES string of the molecule is CN(C(=O)C1CC1)[C@@H]1CCN(C(=O)c2cc(/C=C3\OC(=O)c4ccccc43)ccc2F)C1.CN(C(=O)C1CC1)[C@@H]1CCN(C(=O)c2cc(Cc3n[nH]c(=O)c4ccccc34)ccc2F)C1. The molecule has 1 aromatic heterocycles. The number of hydrogen-bond donors (Lipinski definition) is 1. The van der Waals surface area contributed by atoms with E-state index in [4.69, 9.17) is 4.74 Å². The molecule has 10 rings (SSSR count). The topological polar surface area (TPSA) is 153 Å². The van der Waals surface area contributed by atoms with Crippen molar-refractivity contribution in [2.75, 3.05) is 40.3 Å². The number of nitrogens with zero attached hydrogens (tertiary/aromatic N) is 5. The van der Waals surface area contributed by atoms with Gasteiger partial charge in [0.15, 0.2) is 0 Å². The van der Waals surface area contributed by atoms with Crippen LogP contribution in [0.5, 0.6) is 0 Å². The number of fused-ring (bicyclic) bond motifs is 2. The van der Waals surface area contributed by atoms with Crippen LogP contribution in [0, 0.1) is 23.5 Å². The molecular weight excluding hydrogens is 835 g/mol. The monoisotopic (exact) mass is 882 g/mol. The number of benzene rings is 4. The van der Waals surface area contributed by atoms with Crippen LogP contribution in [0.15, 0.2) is 89.7 Å². The quantitative estimate of drug-likeness (QED) is 0.169. The largest absolute Gasteiger partial charge is 0.422 e. The van der Waals surface area contributed by atoms with E-state index in [1.54, 1.807) is 88.3 Å². The first-order valence-corrected chi connectivity index (χ1v) is 22.0. The van der Waals surface area contributed by atoms with Crippen molar-refractivity contribution in [3.8, 4) is 0 Å². The van der Waals surface area contributed by atoms with Crippen molar-refractivity contribution in [1.82, 2.24) is 29.8 Å². The Bertz CT molecular complexity index is 2840. The van der Waals surface area contributed by atoms with Gasteiger partial charge in [0.1, 0.15) is 17.4 Å². The molecule has 2 saturated carbocycles. The number of carbonyl (C=O) groups is 5. The van der Waals surface area contributed by atoms with Crippen molar-refractivity contribution in [2.24, 2.45) is 11.8 Å². The number of carbonyl (C=O) groups excluding carboxylic acids is 5. The number of esters is 1. The van der Waals surface area contributed by atoms with Crippen molar-refractivity contribution in [3.63, 3.8) is 0 Å². The van der Waals surface area contributed by atoms with Gasteiger partial charge in [-0.2, -0.15) is 5.10 Å². The van der Waals surface area contributed by atoms with Gasteiger partial charge in [0.05, 0.1) is 39.9 Å². The molecule has 2 aliphatic carbocycles. The molecule has 0 bridgehead atoms. The second kappa shape index (κ2) is 17.9. The molecule has 0 radical (unpaired) electrons. The highest BCUT2D eigenvalue weighted by Crippen LogP contribution is 2.34. The Labute approximate surface area is 373 Å². The molecule has 334 valence electrons. The van der Waals surface area contributed by atoms with E-state index in [-0.39, 0.29) is 58.3 Å². The second-order valence-corrected chi connectivity index (χ2v) is 17.6. The van der Waals surface area contributed by atoms with E-state index in [1.165, 1.54) is 18.2 Å². The maximum absolute atomic E-state index is 14.6. The molecule has 1 N–H and O–H groups in total. The van der Waals surface area contributed by atoms with Crippen LogP contribution in [-0.2, 0) is 20.7 Å². The molecule has 4 heterocycles. The first-order chi connectivity index (χ1) is 31.3. The van der Waals surface area contributed by atoms with Crippen molar-refractivity contribution < 1.29 is 37.5 Å². The van der Waals surface area contributed by atoms with E-state index in [9.17, 15) is 37.5 Å². The highest BCUT2D eigenvalue weighted by atomic mass is 19.1. The van der Waals surface area contributed by atoms with Crippen LogP contribution in [-0.4, -0.2) is 112 Å². The summed E-state index contributed by atoms with van der Waals surface area (Å²) in [6.07, 6.45) is 7.10. The first kappa shape index (κ1) is 43.2. The van der Waals surface area contributed by atoms with Gasteiger partial charge in [-0.15, -0.1) is 0 Å². The predicted octanol–water partition coefficient (Wildman–Crippen LogP) is 6.31. The molecular formula is C50H48F2N6O7. The van der Waals surface area contributed by atoms with Gasteiger partial charge >= 0.3 is 5.97 Å². The van der Waals surface area contributed by atoms with E-state index in [0.29, 0.717) is 79.0 Å². The number of aromatic amines is 1. The van der Waals surface area contributed by atoms with E-state index >= 15 is 0 Å². The van der Waals surface area contributed by atoms with Crippen LogP contribution in [0.25, 0.3) is 22.6 Å². The summed E-state index contributed by atoms with van der Waals surface area (Å²) < 4.78 is 34.6. The average molecular weight is 883 g/mol. The van der Waals surface area contributed by atoms with Gasteiger partial charge < -0.3 is 24.3 Å². The van der Waals surface area contributed by atoms with Gasteiger partial charge in [0.2, 0.25) is 11.8 Å². The fourth-order valence-electron chi connectivity index (χ4n) is 8.91. The van der Waals surface area contributed by atoms with Crippen molar-refractivity contribution >= 4 is 52.2 Å². The summed E-state index contributed by atoms with van der Waals surface area (Å²) in [6.45, 7) is 1.76. The standard InChI is InChI=1S/C25H25FN4O3.C25H23FN2O4/c1-29(24(32)16-7-8-16)17-10-11-30(14-17)25(33)20-12-15(6-9-21(20)26)13-22-18-4-2-3-5-19(18)23(31)28-27-22;1-27(23(29)16-7-8-16)17-10-11-28(14-17)24(30)20-12-15(6-9-21(20)26)13-22-18-4-2-3-5-19(18)25(31)32-22/h2-6,9,12,16-17H,7-8,10-11,13-14H2,1H3,(H,28,31);2-6,9,12-13,16-17H,7-8,10-11,14H2,1H3/b;22-13-/t2*17-/m11/s1. The Balaban J connectivity index is 0.000000164. The smallest absolute Gasteiger partial charge is 0.344 e. The van der Waals surface area contributed by atoms with Gasteiger partial charge in [0, 0.05) is 69.5 Å². The summed E-state index contributed by atoms with van der Waals surface area (Å²) >= 11 is 0. The zero-order chi connectivity index (χ0) is 45.5. The first-order valence-electron chi connectivity index (χ1n) is 22.0. The highest BCUT2D eigenvalue weighted by molar-refractivity contribution is 6.06. The minimum atomic E-state index is -0.605. The second-order valence-electron chi connectivity index (χ2n) is 17.6. The third-order valence-electron chi connectivity index (χ3n) is 13.1. The normalized spacial score (nSPS) is 19.4. The molecule has 4 amide bonds. The molecule has 4 fully saturated rings. The zero-order valence-electron chi connectivity index (χ0n) is 36.1. The van der Waals surface area contributed by atoms with Crippen LogP contribution >= 0.6 is 0 Å². The molecule has 5 aliphatic rings. The molecule has 0 spiro atoms. The van der Waals surface area contributed by atoms with E-state index in [0.717, 1.165) is 36.6 Å². The van der Waals surface area contributed by atoms with E-state index < -0.39 is 23.5 Å². The van der Waals surface area contributed by atoms with Gasteiger partial charge in [-0.25, -0.2) is 18.7 Å². The van der Waals surface area contributed by atoms with Crippen LogP contribution in [0.3, 0.4) is 0 Å². The number of likely N-dealkylation sites (N-methyl/N-ethyl adjacent to an activating group) is 2. The molecule has 13 nitrogen and oxygen atoms in total. The number of likely N-dealkylation sites (tertiary alicyclic amines) is 2. The Kier molecular flexibility index (Phi) is 11.9. The third kappa shape index (κ3) is 9.04. The number of rotatable bonds is 9. The Morgan fingerprint density at radius 2 is 1.25 bits per heavy atom. The number of halogens is 2. The molecule has 5 aromatic rings. The summed E-state index contributed by atoms with van der Waals surface area (Å²) in [7, 11) is 3.58. The highest BCUT2D eigenvalue weighted by Gasteiger charge is 2.39. The van der Waals surface area contributed by atoms with Crippen molar-refractivity contribution in [2.45, 2.75) is 57.0 Å². The maximum Gasteiger partial charge on any atom is 0.344 e. The predicted molar refractivity (Wildman–Crippen MR) is 237 cm³/mol. The minimum Gasteiger partial charge on any atom is -0.422 e. The number of aromatic nitrogens is 2. The zero-order valence-corrected chi connectivity index (χ0v) is 36.1. The number of cyclic esters (lactones) is 1. The van der Waals surface area contributed by atoms with Gasteiger partial charge in [0.25, 0.3) is 17.4 Å². The minimum absolute atomic E-state index is 0.0121. The Morgan fingerprint density at radius 1 is 0.708 bits per heavy atom.